The molecule has 0 spiro atoms. The highest BCUT2D eigenvalue weighted by Gasteiger charge is 2.38. The highest BCUT2D eigenvalue weighted by Crippen LogP contribution is 2.21. The van der Waals surface area contributed by atoms with Gasteiger partial charge in [0.05, 0.1) is 19.8 Å². The first-order valence-corrected chi connectivity index (χ1v) is 6.00. The molecule has 1 saturated heterocycles. The van der Waals surface area contributed by atoms with Gasteiger partial charge in [-0.1, -0.05) is 0 Å². The fraction of sp³-hybridized carbons (Fsp3) is 0.833. The van der Waals surface area contributed by atoms with E-state index in [4.69, 9.17) is 4.74 Å². The van der Waals surface area contributed by atoms with Gasteiger partial charge in [-0.2, -0.15) is 0 Å². The van der Waals surface area contributed by atoms with Crippen LogP contribution in [0.4, 0.5) is 4.79 Å². The molecule has 0 saturated carbocycles. The molecule has 6 nitrogen and oxygen atoms in total. The van der Waals surface area contributed by atoms with E-state index in [0.717, 1.165) is 0 Å². The molecule has 2 atom stereocenters. The number of esters is 1. The van der Waals surface area contributed by atoms with Crippen LogP contribution in [-0.2, 0) is 14.3 Å². The van der Waals surface area contributed by atoms with E-state index in [2.05, 4.69) is 4.74 Å². The van der Waals surface area contributed by atoms with Crippen LogP contribution in [0.3, 0.4) is 0 Å². The molecule has 18 heavy (non-hydrogen) atoms. The third-order valence-electron chi connectivity index (χ3n) is 2.66. The summed E-state index contributed by atoms with van der Waals surface area (Å²) >= 11 is 0. The number of ether oxygens (including phenoxy) is 2. The number of β-amino-alcohol motifs (C(OH)–C–C–N with tert-alkyl or cyclic N) is 1. The Morgan fingerprint density at radius 1 is 1.28 bits per heavy atom. The second kappa shape index (κ2) is 5.56. The van der Waals surface area contributed by atoms with E-state index in [1.54, 1.807) is 20.8 Å². The molecule has 1 N–H and O–H groups in total. The maximum absolute atomic E-state index is 12.0. The molecule has 6 heteroatoms. The summed E-state index contributed by atoms with van der Waals surface area (Å²) in [5.74, 6) is -0.479. The molecular weight excluding hydrogens is 238 g/mol. The minimum absolute atomic E-state index is 0.0919. The average molecular weight is 259 g/mol. The van der Waals surface area contributed by atoms with Crippen LogP contribution in [0.2, 0.25) is 0 Å². The van der Waals surface area contributed by atoms with Gasteiger partial charge in [0.25, 0.3) is 0 Å². The molecule has 1 amide bonds. The molecule has 1 rings (SSSR count). The van der Waals surface area contributed by atoms with Gasteiger partial charge < -0.3 is 14.6 Å². The number of aliphatic hydroxyl groups is 1. The predicted octanol–water partition coefficient (Wildman–Crippen LogP) is 0.920. The molecule has 0 aliphatic carbocycles. The largest absolute Gasteiger partial charge is 0.467 e. The molecule has 1 heterocycles. The smallest absolute Gasteiger partial charge is 0.411 e. The van der Waals surface area contributed by atoms with Gasteiger partial charge in [-0.15, -0.1) is 0 Å². The molecule has 0 radical (unpaired) electrons. The van der Waals surface area contributed by atoms with Gasteiger partial charge in [0.15, 0.2) is 0 Å². The Balaban J connectivity index is 2.78. The van der Waals surface area contributed by atoms with Crippen molar-refractivity contribution in [2.75, 3.05) is 13.7 Å². The summed E-state index contributed by atoms with van der Waals surface area (Å²) in [5.41, 5.74) is -0.639. The van der Waals surface area contributed by atoms with E-state index in [0.29, 0.717) is 12.8 Å². The predicted molar refractivity (Wildman–Crippen MR) is 64.0 cm³/mol. The number of amides is 1. The van der Waals surface area contributed by atoms with Gasteiger partial charge >= 0.3 is 12.1 Å². The summed E-state index contributed by atoms with van der Waals surface area (Å²) in [7, 11) is 1.28. The zero-order valence-corrected chi connectivity index (χ0v) is 11.3. The van der Waals surface area contributed by atoms with E-state index in [1.165, 1.54) is 12.0 Å². The van der Waals surface area contributed by atoms with Crippen LogP contribution >= 0.6 is 0 Å². The van der Waals surface area contributed by atoms with Crippen LogP contribution in [0.5, 0.6) is 0 Å². The van der Waals surface area contributed by atoms with E-state index < -0.39 is 29.8 Å². The van der Waals surface area contributed by atoms with Crippen molar-refractivity contribution in [3.8, 4) is 0 Å². The van der Waals surface area contributed by atoms with Crippen molar-refractivity contribution >= 4 is 12.1 Å². The highest BCUT2D eigenvalue weighted by atomic mass is 16.6. The quantitative estimate of drug-likeness (QED) is 0.709. The zero-order valence-electron chi connectivity index (χ0n) is 11.3. The van der Waals surface area contributed by atoms with Gasteiger partial charge in [0.2, 0.25) is 0 Å². The third kappa shape index (κ3) is 3.87. The molecule has 0 unspecified atom stereocenters. The van der Waals surface area contributed by atoms with E-state index >= 15 is 0 Å². The molecular formula is C12H21NO5. The number of hydrogen-bond acceptors (Lipinski definition) is 5. The number of hydrogen-bond donors (Lipinski definition) is 1. The number of methoxy groups -OCH3 is 1. The van der Waals surface area contributed by atoms with Gasteiger partial charge in [0.1, 0.15) is 11.6 Å². The summed E-state index contributed by atoms with van der Waals surface area (Å²) in [6.45, 7) is 5.34. The lowest BCUT2D eigenvalue weighted by molar-refractivity contribution is -0.149. The van der Waals surface area contributed by atoms with E-state index in [1.807, 2.05) is 0 Å². The number of carbonyl (C=O) groups excluding carboxylic acids is 2. The van der Waals surface area contributed by atoms with Crippen molar-refractivity contribution < 1.29 is 24.2 Å². The van der Waals surface area contributed by atoms with Crippen molar-refractivity contribution in [1.82, 2.24) is 4.90 Å². The maximum atomic E-state index is 12.0. The van der Waals surface area contributed by atoms with Gasteiger partial charge in [-0.25, -0.2) is 9.59 Å². The van der Waals surface area contributed by atoms with Crippen LogP contribution in [0.15, 0.2) is 0 Å². The number of rotatable bonds is 1. The van der Waals surface area contributed by atoms with Crippen molar-refractivity contribution in [1.29, 1.82) is 0 Å². The summed E-state index contributed by atoms with van der Waals surface area (Å²) < 4.78 is 9.88. The molecule has 1 aliphatic heterocycles. The lowest BCUT2D eigenvalue weighted by atomic mass is 10.0. The van der Waals surface area contributed by atoms with Crippen molar-refractivity contribution in [3.05, 3.63) is 0 Å². The van der Waals surface area contributed by atoms with Crippen LogP contribution in [0, 0.1) is 0 Å². The molecule has 1 fully saturated rings. The zero-order chi connectivity index (χ0) is 13.9. The van der Waals surface area contributed by atoms with E-state index in [-0.39, 0.29) is 6.54 Å². The van der Waals surface area contributed by atoms with Crippen LogP contribution in [0.25, 0.3) is 0 Å². The summed E-state index contributed by atoms with van der Waals surface area (Å²) in [6.07, 6.45) is -0.373. The second-order valence-corrected chi connectivity index (χ2v) is 5.40. The normalized spacial score (nSPS) is 24.6. The van der Waals surface area contributed by atoms with Crippen LogP contribution in [-0.4, -0.2) is 53.5 Å². The monoisotopic (exact) mass is 259 g/mol. The number of aliphatic hydroxyl groups excluding tert-OH is 1. The first kappa shape index (κ1) is 14.8. The SMILES string of the molecule is COC(=O)[C@H]1CC[C@H](O)CN1C(=O)OC(C)(C)C. The standard InChI is InChI=1S/C12H21NO5/c1-12(2,3)18-11(16)13-7-8(14)5-6-9(13)10(15)17-4/h8-9,14H,5-7H2,1-4H3/t8-,9+/m0/s1. The molecule has 0 aromatic rings. The molecule has 104 valence electrons. The lowest BCUT2D eigenvalue weighted by Crippen LogP contribution is -2.53. The summed E-state index contributed by atoms with van der Waals surface area (Å²) in [5, 5.41) is 9.60. The molecule has 0 bridgehead atoms. The topological polar surface area (TPSA) is 76.1 Å². The second-order valence-electron chi connectivity index (χ2n) is 5.40. The Labute approximate surface area is 107 Å². The molecule has 0 aromatic carbocycles. The summed E-state index contributed by atoms with van der Waals surface area (Å²) in [4.78, 5) is 24.8. The minimum Gasteiger partial charge on any atom is -0.467 e. The lowest BCUT2D eigenvalue weighted by Gasteiger charge is -2.36. The minimum atomic E-state index is -0.673. The van der Waals surface area contributed by atoms with Gasteiger partial charge in [-0.3, -0.25) is 4.90 Å². The Morgan fingerprint density at radius 2 is 1.89 bits per heavy atom. The Morgan fingerprint density at radius 3 is 2.39 bits per heavy atom. The Kier molecular flexibility index (Phi) is 4.56. The Bertz CT molecular complexity index is 323. The number of likely N-dealkylation sites (tertiary alicyclic amines) is 1. The maximum Gasteiger partial charge on any atom is 0.411 e. The van der Waals surface area contributed by atoms with E-state index in [9.17, 15) is 14.7 Å². The number of carbonyl (C=O) groups is 2. The average Bonchev–Trinajstić information content (AvgIpc) is 2.25. The van der Waals surface area contributed by atoms with Crippen molar-refractivity contribution in [2.24, 2.45) is 0 Å². The first-order valence-electron chi connectivity index (χ1n) is 6.00. The number of nitrogens with zero attached hydrogens (tertiary/aromatic N) is 1. The molecule has 0 aromatic heterocycles. The van der Waals surface area contributed by atoms with Crippen molar-refractivity contribution in [2.45, 2.75) is 51.4 Å². The first-order chi connectivity index (χ1) is 8.24. The molecule has 1 aliphatic rings. The van der Waals surface area contributed by atoms with Crippen LogP contribution in [0.1, 0.15) is 33.6 Å². The number of piperidine rings is 1. The van der Waals surface area contributed by atoms with Crippen molar-refractivity contribution in [3.63, 3.8) is 0 Å². The fourth-order valence-electron chi connectivity index (χ4n) is 1.86. The summed E-state index contributed by atoms with van der Waals surface area (Å²) in [6, 6.07) is -0.673. The highest BCUT2D eigenvalue weighted by molar-refractivity contribution is 5.81. The third-order valence-corrected chi connectivity index (χ3v) is 2.66. The van der Waals surface area contributed by atoms with Gasteiger partial charge in [-0.05, 0) is 33.6 Å². The Hall–Kier alpha value is -1.30. The van der Waals surface area contributed by atoms with Gasteiger partial charge in [0, 0.05) is 0 Å². The van der Waals surface area contributed by atoms with Crippen LogP contribution < -0.4 is 0 Å². The fourth-order valence-corrected chi connectivity index (χ4v) is 1.86.